The molecule has 0 spiro atoms. The maximum atomic E-state index is 12.8. The number of nitrogens with zero attached hydrogens (tertiary/aromatic N) is 2. The summed E-state index contributed by atoms with van der Waals surface area (Å²) in [6, 6.07) is 17.6. The van der Waals surface area contributed by atoms with E-state index in [1.165, 1.54) is 5.56 Å². The summed E-state index contributed by atoms with van der Waals surface area (Å²) in [7, 11) is -6.47. The van der Waals surface area contributed by atoms with Crippen molar-refractivity contribution in [2.24, 2.45) is 0 Å². The van der Waals surface area contributed by atoms with Crippen molar-refractivity contribution in [1.29, 1.82) is 0 Å². The molecule has 2 aliphatic carbocycles. The molecule has 0 bridgehead atoms. The van der Waals surface area contributed by atoms with Crippen LogP contribution in [-0.4, -0.2) is 94.0 Å². The summed E-state index contributed by atoms with van der Waals surface area (Å²) < 4.78 is 78.5. The van der Waals surface area contributed by atoms with E-state index in [1.54, 1.807) is 0 Å². The van der Waals surface area contributed by atoms with Crippen LogP contribution in [0.5, 0.6) is 23.0 Å². The Bertz CT molecular complexity index is 2230. The predicted molar refractivity (Wildman–Crippen MR) is 202 cm³/mol. The highest BCUT2D eigenvalue weighted by Crippen LogP contribution is 2.41. The molecule has 0 amide bonds. The number of aromatic nitrogens is 2. The van der Waals surface area contributed by atoms with Gasteiger partial charge in [0.25, 0.3) is 0 Å². The molecular weight excluding hydrogens is 733 g/mol. The lowest BCUT2D eigenvalue weighted by Crippen LogP contribution is -2.41. The van der Waals surface area contributed by atoms with Crippen molar-refractivity contribution in [2.45, 2.75) is 79.7 Å². The van der Waals surface area contributed by atoms with Gasteiger partial charge in [-0.3, -0.25) is 10.00 Å². The van der Waals surface area contributed by atoms with Gasteiger partial charge >= 0.3 is 0 Å². The average Bonchev–Trinajstić information content (AvgIpc) is 4.10. The topological polar surface area (TPSA) is 173 Å². The van der Waals surface area contributed by atoms with Crippen LogP contribution < -0.4 is 33.7 Å². The van der Waals surface area contributed by atoms with E-state index in [4.69, 9.17) is 18.9 Å². The minimum Gasteiger partial charge on any atom is -0.486 e. The summed E-state index contributed by atoms with van der Waals surface area (Å²) >= 11 is 0. The normalized spacial score (nSPS) is 25.3. The smallest absolute Gasteiger partial charge is 0.214 e. The zero-order valence-corrected chi connectivity index (χ0v) is 31.5. The van der Waals surface area contributed by atoms with Gasteiger partial charge in [0, 0.05) is 36.6 Å². The average molecular weight is 779 g/mol. The second-order valence-electron chi connectivity index (χ2n) is 14.9. The molecule has 5 heterocycles. The van der Waals surface area contributed by atoms with Crippen molar-refractivity contribution in [3.05, 3.63) is 77.5 Å². The molecule has 4 N–H and O–H groups in total. The molecule has 2 saturated heterocycles. The van der Waals surface area contributed by atoms with E-state index in [-0.39, 0.29) is 34.7 Å². The van der Waals surface area contributed by atoms with Gasteiger partial charge in [0.15, 0.2) is 23.0 Å². The van der Waals surface area contributed by atoms with E-state index < -0.39 is 20.0 Å². The van der Waals surface area contributed by atoms with Gasteiger partial charge in [0.1, 0.15) is 26.4 Å². The molecule has 2 saturated carbocycles. The number of ether oxygens (including phenoxy) is 4. The van der Waals surface area contributed by atoms with Crippen molar-refractivity contribution < 1.29 is 35.8 Å². The van der Waals surface area contributed by atoms with Crippen molar-refractivity contribution in [3.8, 4) is 23.0 Å². The number of aromatic amines is 1. The Morgan fingerprint density at radius 3 is 1.98 bits per heavy atom. The first-order valence-electron chi connectivity index (χ1n) is 18.9. The van der Waals surface area contributed by atoms with Crippen LogP contribution in [0.4, 0.5) is 0 Å². The highest BCUT2D eigenvalue weighted by molar-refractivity contribution is 7.90. The Labute approximate surface area is 315 Å². The largest absolute Gasteiger partial charge is 0.486 e. The van der Waals surface area contributed by atoms with Gasteiger partial charge in [0.05, 0.1) is 28.3 Å². The van der Waals surface area contributed by atoms with Gasteiger partial charge in [-0.15, -0.1) is 0 Å². The fraction of sp³-hybridized carbons (Fsp3) is 0.500. The van der Waals surface area contributed by atoms with Crippen LogP contribution in [-0.2, 0) is 26.6 Å². The quantitative estimate of drug-likeness (QED) is 0.185. The molecule has 4 atom stereocenters. The number of benzene rings is 3. The van der Waals surface area contributed by atoms with Gasteiger partial charge in [-0.2, -0.15) is 5.10 Å². The summed E-state index contributed by atoms with van der Waals surface area (Å²) in [5, 5.41) is 11.3. The molecule has 0 radical (unpaired) electrons. The van der Waals surface area contributed by atoms with Crippen LogP contribution in [0.15, 0.2) is 60.8 Å². The molecule has 3 aromatic carbocycles. The number of fused-ring (bicyclic) bond motifs is 3. The fourth-order valence-electron chi connectivity index (χ4n) is 8.04. The molecule has 16 heteroatoms. The Morgan fingerprint density at radius 2 is 1.31 bits per heavy atom. The minimum atomic E-state index is -3.30. The number of sulfonamides is 2. The molecular formula is C38H46N6O8S2. The van der Waals surface area contributed by atoms with E-state index in [9.17, 15) is 16.8 Å². The van der Waals surface area contributed by atoms with Crippen molar-refractivity contribution >= 4 is 30.9 Å². The van der Waals surface area contributed by atoms with Crippen LogP contribution in [0.1, 0.15) is 67.3 Å². The lowest BCUT2D eigenvalue weighted by atomic mass is 9.99. The molecule has 4 aliphatic heterocycles. The van der Waals surface area contributed by atoms with Gasteiger partial charge < -0.3 is 24.3 Å². The summed E-state index contributed by atoms with van der Waals surface area (Å²) in [6.45, 7) is 4.48. The molecule has 6 aliphatic rings. The molecule has 1 aromatic heterocycles. The van der Waals surface area contributed by atoms with Gasteiger partial charge in [0.2, 0.25) is 20.0 Å². The highest BCUT2D eigenvalue weighted by atomic mass is 32.2. The molecule has 14 nitrogen and oxygen atoms in total. The number of H-pyrrole nitrogens is 1. The highest BCUT2D eigenvalue weighted by Gasteiger charge is 2.43. The monoisotopic (exact) mass is 778 g/mol. The Hall–Kier alpha value is -3.93. The second kappa shape index (κ2) is 14.6. The van der Waals surface area contributed by atoms with Gasteiger partial charge in [-0.05, 0) is 92.1 Å². The minimum absolute atomic E-state index is 0.0237. The first-order chi connectivity index (χ1) is 26.2. The molecule has 288 valence electrons. The third-order valence-corrected chi connectivity index (χ3v) is 15.0. The Balaban J connectivity index is 0.000000153. The van der Waals surface area contributed by atoms with Crippen LogP contribution in [0.3, 0.4) is 0 Å². The Morgan fingerprint density at radius 1 is 0.704 bits per heavy atom. The summed E-state index contributed by atoms with van der Waals surface area (Å²) in [4.78, 5) is 2.35. The van der Waals surface area contributed by atoms with E-state index >= 15 is 0 Å². The second-order valence-corrected chi connectivity index (χ2v) is 18.9. The lowest BCUT2D eigenvalue weighted by Gasteiger charge is -2.30. The molecule has 54 heavy (non-hydrogen) atoms. The maximum Gasteiger partial charge on any atom is 0.214 e. The number of nitrogens with one attached hydrogen (secondary N) is 4. The van der Waals surface area contributed by atoms with Crippen molar-refractivity contribution in [1.82, 2.24) is 29.9 Å². The summed E-state index contributed by atoms with van der Waals surface area (Å²) in [6.07, 6.45) is 6.48. The van der Waals surface area contributed by atoms with Crippen LogP contribution in [0.25, 0.3) is 10.9 Å². The number of likely N-dealkylation sites (tertiary alicyclic amines) is 1. The molecule has 4 aromatic rings. The van der Waals surface area contributed by atoms with Crippen LogP contribution in [0.2, 0.25) is 0 Å². The summed E-state index contributed by atoms with van der Waals surface area (Å²) in [5.41, 5.74) is 4.24. The van der Waals surface area contributed by atoms with Gasteiger partial charge in [-0.25, -0.2) is 26.3 Å². The number of rotatable bonds is 10. The third kappa shape index (κ3) is 7.51. The molecule has 4 fully saturated rings. The van der Waals surface area contributed by atoms with Crippen LogP contribution in [0, 0.1) is 0 Å². The Kier molecular flexibility index (Phi) is 9.68. The van der Waals surface area contributed by atoms with E-state index in [0.717, 1.165) is 96.6 Å². The number of hydrogen-bond donors (Lipinski definition) is 4. The van der Waals surface area contributed by atoms with Gasteiger partial charge in [-0.1, -0.05) is 24.3 Å². The predicted octanol–water partition coefficient (Wildman–Crippen LogP) is 3.67. The standard InChI is InChI=1S/C23H26N4O4S.C15H20N2O4S/c28-32(29,17-5-6-17)26-20-8-9-27(14-16-2-1-3-19-18(16)13-24-25-19)23(20)15-4-7-21-22(12-15)31-11-10-30-21;18-22(19,11-2-3-11)17-12-5-6-16-15(12)10-1-4-13-14(9-10)21-8-7-20-13/h1-4,7,12-13,17,20,23,26H,5-6,8-11,14H2,(H,24,25);1,4,9,11-12,15-17H,2-3,5-8H2/t20-,23+;12-,15+/m00/s1. The third-order valence-electron chi connectivity index (χ3n) is 11.1. The maximum absolute atomic E-state index is 12.8. The zero-order valence-electron chi connectivity index (χ0n) is 29.9. The van der Waals surface area contributed by atoms with Crippen molar-refractivity contribution in [2.75, 3.05) is 39.5 Å². The zero-order chi connectivity index (χ0) is 36.9. The van der Waals surface area contributed by atoms with E-state index in [1.807, 2.05) is 54.7 Å². The van der Waals surface area contributed by atoms with E-state index in [2.05, 4.69) is 35.9 Å². The summed E-state index contributed by atoms with van der Waals surface area (Å²) in [5.74, 6) is 2.95. The number of hydrogen-bond acceptors (Lipinski definition) is 11. The molecule has 0 unspecified atom stereocenters. The fourth-order valence-corrected chi connectivity index (χ4v) is 11.3. The molecule has 10 rings (SSSR count). The van der Waals surface area contributed by atoms with Crippen molar-refractivity contribution in [3.63, 3.8) is 0 Å². The van der Waals surface area contributed by atoms with Crippen LogP contribution >= 0.6 is 0 Å². The first-order valence-corrected chi connectivity index (χ1v) is 22.0. The first kappa shape index (κ1) is 35.8. The lowest BCUT2D eigenvalue weighted by molar-refractivity contribution is 0.170. The van der Waals surface area contributed by atoms with E-state index in [0.29, 0.717) is 33.0 Å². The SMILES string of the molecule is O=S(=O)(N[C@H]1CCN(Cc2cccc3[nH]ncc23)[C@@H]1c1ccc2c(c1)OCCO2)C1CC1.O=S(=O)(N[C@H]1CCN[C@@H]1c1ccc2c(c1)OCCO2)C1CC1.